The summed E-state index contributed by atoms with van der Waals surface area (Å²) in [5.74, 6) is -3.01. The number of nitrogens with zero attached hydrogens (tertiary/aromatic N) is 3. The molecule has 0 saturated carbocycles. The normalized spacial score (nSPS) is 23.1. The van der Waals surface area contributed by atoms with Gasteiger partial charge in [-0.25, -0.2) is 0 Å². The summed E-state index contributed by atoms with van der Waals surface area (Å²) >= 11 is 0. The van der Waals surface area contributed by atoms with E-state index in [2.05, 4.69) is 0 Å². The van der Waals surface area contributed by atoms with Crippen LogP contribution >= 0.6 is 0 Å². The minimum absolute atomic E-state index is 0.0740. The van der Waals surface area contributed by atoms with Gasteiger partial charge < -0.3 is 19.5 Å². The summed E-state index contributed by atoms with van der Waals surface area (Å²) in [6.45, 7) is 1.51. The van der Waals surface area contributed by atoms with Crippen molar-refractivity contribution in [3.63, 3.8) is 0 Å². The number of carbonyl (C=O) groups is 2. The highest BCUT2D eigenvalue weighted by Crippen LogP contribution is 2.49. The van der Waals surface area contributed by atoms with E-state index in [1.165, 1.54) is 37.5 Å². The van der Waals surface area contributed by atoms with Gasteiger partial charge in [0, 0.05) is 25.1 Å². The number of nitro groups is 1. The number of ether oxygens (including phenoxy) is 2. The number of nitro benzene ring substituents is 1. The summed E-state index contributed by atoms with van der Waals surface area (Å²) in [6, 6.07) is 6.37. The number of carboxylic acid groups (broad SMARTS) is 1. The van der Waals surface area contributed by atoms with Crippen molar-refractivity contribution in [2.45, 2.75) is 31.7 Å². The molecule has 0 bridgehead atoms. The Balaban J connectivity index is 2.71. The van der Waals surface area contributed by atoms with E-state index in [4.69, 9.17) is 14.7 Å². The van der Waals surface area contributed by atoms with E-state index in [1.54, 1.807) is 18.9 Å². The van der Waals surface area contributed by atoms with Gasteiger partial charge in [0.1, 0.15) is 6.61 Å². The number of esters is 1. The van der Waals surface area contributed by atoms with E-state index < -0.39 is 34.2 Å². The van der Waals surface area contributed by atoms with Crippen molar-refractivity contribution in [2.75, 3.05) is 20.8 Å². The lowest BCUT2D eigenvalue weighted by Gasteiger charge is -2.48. The molecule has 1 heterocycles. The third-order valence-corrected chi connectivity index (χ3v) is 5.34. The van der Waals surface area contributed by atoms with Crippen LogP contribution < -0.4 is 0 Å². The number of allylic oxidation sites excluding steroid dienone is 1. The van der Waals surface area contributed by atoms with Gasteiger partial charge >= 0.3 is 11.9 Å². The number of benzene rings is 1. The fourth-order valence-corrected chi connectivity index (χ4v) is 3.96. The molecule has 3 atom stereocenters. The number of nitriles is 1. The van der Waals surface area contributed by atoms with Crippen LogP contribution in [0.3, 0.4) is 0 Å². The lowest BCUT2D eigenvalue weighted by Crippen LogP contribution is -2.60. The molecule has 1 N–H and O–H groups in total. The molecule has 0 fully saturated rings. The first kappa shape index (κ1) is 22.7. The molecule has 0 aliphatic carbocycles. The molecule has 1 aromatic rings. The van der Waals surface area contributed by atoms with Crippen LogP contribution in [0.15, 0.2) is 36.2 Å². The number of hydrogen-bond donors (Lipinski definition) is 1. The van der Waals surface area contributed by atoms with E-state index in [1.807, 2.05) is 6.07 Å². The molecule has 1 aliphatic heterocycles. The SMILES string of the molecule is CCC1N(C)C(OC)=CC(c2ccc([N+](=O)[O-])cc2)C1(C(=O)O)C(=O)OCCC#N. The Morgan fingerprint density at radius 2 is 2.00 bits per heavy atom. The van der Waals surface area contributed by atoms with Gasteiger partial charge in [-0.1, -0.05) is 19.1 Å². The van der Waals surface area contributed by atoms with Gasteiger partial charge in [-0.05, 0) is 18.1 Å². The third kappa shape index (κ3) is 3.78. The number of carbonyl (C=O) groups excluding carboxylic acids is 1. The first-order chi connectivity index (χ1) is 14.2. The fourth-order valence-electron chi connectivity index (χ4n) is 3.96. The number of aliphatic carboxylic acids is 1. The van der Waals surface area contributed by atoms with Crippen LogP contribution in [0.1, 0.15) is 31.2 Å². The van der Waals surface area contributed by atoms with Gasteiger partial charge in [-0.2, -0.15) is 5.26 Å². The Kier molecular flexibility index (Phi) is 7.00. The van der Waals surface area contributed by atoms with Crippen LogP contribution in [-0.2, 0) is 19.1 Å². The van der Waals surface area contributed by atoms with Crippen molar-refractivity contribution in [1.29, 1.82) is 5.26 Å². The summed E-state index contributed by atoms with van der Waals surface area (Å²) in [6.07, 6.45) is 1.71. The second-order valence-electron chi connectivity index (χ2n) is 6.79. The molecule has 1 aromatic carbocycles. The average molecular weight is 417 g/mol. The molecule has 0 saturated heterocycles. The monoisotopic (exact) mass is 417 g/mol. The van der Waals surface area contributed by atoms with Gasteiger partial charge in [-0.3, -0.25) is 19.7 Å². The molecule has 10 nitrogen and oxygen atoms in total. The molecule has 0 spiro atoms. The topological polar surface area (TPSA) is 143 Å². The Labute approximate surface area is 173 Å². The van der Waals surface area contributed by atoms with Gasteiger partial charge in [0.2, 0.25) is 0 Å². The zero-order chi connectivity index (χ0) is 22.5. The third-order valence-electron chi connectivity index (χ3n) is 5.34. The molecule has 0 radical (unpaired) electrons. The van der Waals surface area contributed by atoms with Crippen LogP contribution in [0.2, 0.25) is 0 Å². The largest absolute Gasteiger partial charge is 0.483 e. The predicted octanol–water partition coefficient (Wildman–Crippen LogP) is 2.42. The Bertz CT molecular complexity index is 891. The first-order valence-electron chi connectivity index (χ1n) is 9.26. The van der Waals surface area contributed by atoms with Gasteiger partial charge in [0.05, 0.1) is 30.6 Å². The van der Waals surface area contributed by atoms with Crippen molar-refractivity contribution >= 4 is 17.6 Å². The fraction of sp³-hybridized carbons (Fsp3) is 0.450. The molecule has 0 amide bonds. The van der Waals surface area contributed by atoms with Crippen molar-refractivity contribution in [3.8, 4) is 6.07 Å². The molecule has 1 aliphatic rings. The zero-order valence-electron chi connectivity index (χ0n) is 16.9. The Morgan fingerprint density at radius 3 is 2.47 bits per heavy atom. The zero-order valence-corrected chi connectivity index (χ0v) is 16.9. The number of methoxy groups -OCH3 is 1. The van der Waals surface area contributed by atoms with Crippen LogP contribution in [-0.4, -0.2) is 53.7 Å². The van der Waals surface area contributed by atoms with E-state index >= 15 is 0 Å². The number of carboxylic acids is 1. The van der Waals surface area contributed by atoms with E-state index in [0.29, 0.717) is 11.4 Å². The number of hydrogen-bond acceptors (Lipinski definition) is 8. The van der Waals surface area contributed by atoms with E-state index in [9.17, 15) is 24.8 Å². The quantitative estimate of drug-likeness (QED) is 0.222. The average Bonchev–Trinajstić information content (AvgIpc) is 2.73. The van der Waals surface area contributed by atoms with Gasteiger partial charge in [0.15, 0.2) is 11.3 Å². The number of rotatable bonds is 8. The Morgan fingerprint density at radius 1 is 1.37 bits per heavy atom. The van der Waals surface area contributed by atoms with Crippen molar-refractivity contribution in [3.05, 3.63) is 51.9 Å². The first-order valence-corrected chi connectivity index (χ1v) is 9.26. The predicted molar refractivity (Wildman–Crippen MR) is 104 cm³/mol. The van der Waals surface area contributed by atoms with Crippen molar-refractivity contribution < 1.29 is 29.1 Å². The minimum Gasteiger partial charge on any atom is -0.483 e. The maximum atomic E-state index is 13.2. The summed E-state index contributed by atoms with van der Waals surface area (Å²) in [5.41, 5.74) is -1.81. The lowest BCUT2D eigenvalue weighted by atomic mass is 9.64. The maximum Gasteiger partial charge on any atom is 0.326 e. The summed E-state index contributed by atoms with van der Waals surface area (Å²) in [5, 5.41) is 30.0. The molecular weight excluding hydrogens is 394 g/mol. The van der Waals surface area contributed by atoms with Crippen LogP contribution in [0.4, 0.5) is 5.69 Å². The molecule has 160 valence electrons. The Hall–Kier alpha value is -3.61. The summed E-state index contributed by atoms with van der Waals surface area (Å²) in [4.78, 5) is 37.8. The maximum absolute atomic E-state index is 13.2. The standard InChI is InChI=1S/C20H23N3O7/c1-4-16-20(18(24)25,19(26)30-11-5-10-21)15(12-17(29-3)22(16)2)13-6-8-14(9-7-13)23(27)28/h6-9,12,15-16H,4-5,11H2,1-3H3,(H,24,25). The molecule has 0 aromatic heterocycles. The van der Waals surface area contributed by atoms with Gasteiger partial charge in [-0.15, -0.1) is 0 Å². The molecular formula is C20H23N3O7. The highest BCUT2D eigenvalue weighted by molar-refractivity contribution is 6.02. The van der Waals surface area contributed by atoms with Crippen LogP contribution in [0.5, 0.6) is 0 Å². The van der Waals surface area contributed by atoms with Gasteiger partial charge in [0.25, 0.3) is 5.69 Å². The highest BCUT2D eigenvalue weighted by atomic mass is 16.6. The molecule has 30 heavy (non-hydrogen) atoms. The lowest BCUT2D eigenvalue weighted by molar-refractivity contribution is -0.384. The van der Waals surface area contributed by atoms with Crippen molar-refractivity contribution in [2.24, 2.45) is 5.41 Å². The van der Waals surface area contributed by atoms with E-state index in [-0.39, 0.29) is 25.1 Å². The van der Waals surface area contributed by atoms with Crippen molar-refractivity contribution in [1.82, 2.24) is 4.90 Å². The smallest absolute Gasteiger partial charge is 0.326 e. The summed E-state index contributed by atoms with van der Waals surface area (Å²) in [7, 11) is 3.05. The van der Waals surface area contributed by atoms with E-state index in [0.717, 1.165) is 0 Å². The molecule has 10 heteroatoms. The van der Waals surface area contributed by atoms with Crippen LogP contribution in [0, 0.1) is 26.9 Å². The minimum atomic E-state index is -2.04. The molecule has 3 unspecified atom stereocenters. The van der Waals surface area contributed by atoms with Crippen LogP contribution in [0.25, 0.3) is 0 Å². The second kappa shape index (κ2) is 9.26. The highest BCUT2D eigenvalue weighted by Gasteiger charge is 2.62. The second-order valence-corrected chi connectivity index (χ2v) is 6.79. The number of non-ortho nitro benzene ring substituents is 1. The summed E-state index contributed by atoms with van der Waals surface area (Å²) < 4.78 is 10.6. The molecule has 2 rings (SSSR count).